The molecule has 1 unspecified atom stereocenters. The van der Waals surface area contributed by atoms with Crippen molar-refractivity contribution in [2.75, 3.05) is 6.54 Å². The van der Waals surface area contributed by atoms with E-state index < -0.39 is 0 Å². The number of hydrogen-bond donors (Lipinski definition) is 1. The van der Waals surface area contributed by atoms with Crippen molar-refractivity contribution in [2.24, 2.45) is 0 Å². The van der Waals surface area contributed by atoms with Crippen LogP contribution in [-0.2, 0) is 0 Å². The first-order valence-electron chi connectivity index (χ1n) is 6.17. The van der Waals surface area contributed by atoms with Crippen LogP contribution in [0.5, 0.6) is 0 Å². The van der Waals surface area contributed by atoms with E-state index in [2.05, 4.69) is 30.6 Å². The van der Waals surface area contributed by atoms with Crippen LogP contribution in [0, 0.1) is 19.7 Å². The lowest BCUT2D eigenvalue weighted by molar-refractivity contribution is 0.606. The van der Waals surface area contributed by atoms with Gasteiger partial charge in [0.1, 0.15) is 5.82 Å². The average molecular weight is 263 g/mol. The van der Waals surface area contributed by atoms with E-state index in [0.29, 0.717) is 5.56 Å². The van der Waals surface area contributed by atoms with Gasteiger partial charge in [-0.25, -0.2) is 4.39 Å². The summed E-state index contributed by atoms with van der Waals surface area (Å²) < 4.78 is 13.4. The van der Waals surface area contributed by atoms with E-state index >= 15 is 0 Å². The molecule has 1 N–H and O–H groups in total. The maximum atomic E-state index is 13.4. The Morgan fingerprint density at radius 1 is 1.28 bits per heavy atom. The van der Waals surface area contributed by atoms with Crippen molar-refractivity contribution in [1.29, 1.82) is 0 Å². The monoisotopic (exact) mass is 263 g/mol. The number of hydrogen-bond acceptors (Lipinski definition) is 2. The smallest absolute Gasteiger partial charge is 0.126 e. The van der Waals surface area contributed by atoms with E-state index in [1.165, 1.54) is 10.4 Å². The highest BCUT2D eigenvalue weighted by Gasteiger charge is 2.16. The molecule has 18 heavy (non-hydrogen) atoms. The standard InChI is InChI=1S/C15H18FNS/c1-4-17-15(13-7-8-18-11(13)3)12-5-6-14(16)10(2)9-12/h5-9,15,17H,4H2,1-3H3. The Kier molecular flexibility index (Phi) is 4.15. The number of nitrogens with one attached hydrogen (secondary N) is 1. The maximum absolute atomic E-state index is 13.4. The van der Waals surface area contributed by atoms with Gasteiger partial charge in [-0.3, -0.25) is 0 Å². The quantitative estimate of drug-likeness (QED) is 0.871. The Hall–Kier alpha value is -1.19. The van der Waals surface area contributed by atoms with Gasteiger partial charge >= 0.3 is 0 Å². The topological polar surface area (TPSA) is 12.0 Å². The molecule has 0 saturated heterocycles. The molecule has 96 valence electrons. The highest BCUT2D eigenvalue weighted by molar-refractivity contribution is 7.10. The van der Waals surface area contributed by atoms with E-state index in [1.54, 1.807) is 17.4 Å². The molecule has 0 aliphatic rings. The summed E-state index contributed by atoms with van der Waals surface area (Å²) in [7, 11) is 0. The van der Waals surface area contributed by atoms with Crippen LogP contribution >= 0.6 is 11.3 Å². The molecule has 0 saturated carbocycles. The third-order valence-electron chi connectivity index (χ3n) is 3.13. The minimum absolute atomic E-state index is 0.143. The molecule has 0 aliphatic heterocycles. The van der Waals surface area contributed by atoms with Crippen molar-refractivity contribution in [1.82, 2.24) is 5.32 Å². The van der Waals surface area contributed by atoms with Crippen LogP contribution in [0.25, 0.3) is 0 Å². The largest absolute Gasteiger partial charge is 0.306 e. The van der Waals surface area contributed by atoms with Crippen LogP contribution in [0.3, 0.4) is 0 Å². The number of thiophene rings is 1. The van der Waals surface area contributed by atoms with Gasteiger partial charge in [0.2, 0.25) is 0 Å². The van der Waals surface area contributed by atoms with Crippen molar-refractivity contribution in [3.8, 4) is 0 Å². The van der Waals surface area contributed by atoms with E-state index in [1.807, 2.05) is 19.1 Å². The van der Waals surface area contributed by atoms with Crippen LogP contribution in [0.4, 0.5) is 4.39 Å². The fourth-order valence-electron chi connectivity index (χ4n) is 2.15. The highest BCUT2D eigenvalue weighted by Crippen LogP contribution is 2.29. The molecule has 3 heteroatoms. The first kappa shape index (κ1) is 13.2. The van der Waals surface area contributed by atoms with Gasteiger partial charge in [0.25, 0.3) is 0 Å². The second kappa shape index (κ2) is 5.63. The highest BCUT2D eigenvalue weighted by atomic mass is 32.1. The Labute approximate surface area is 112 Å². The molecule has 0 bridgehead atoms. The molecule has 1 aromatic heterocycles. The van der Waals surface area contributed by atoms with Crippen molar-refractivity contribution < 1.29 is 4.39 Å². The molecule has 0 radical (unpaired) electrons. The van der Waals surface area contributed by atoms with Gasteiger partial charge in [-0.15, -0.1) is 11.3 Å². The van der Waals surface area contributed by atoms with Crippen molar-refractivity contribution in [3.63, 3.8) is 0 Å². The first-order chi connectivity index (χ1) is 8.63. The zero-order valence-electron chi connectivity index (χ0n) is 11.0. The Balaban J connectivity index is 2.41. The number of rotatable bonds is 4. The normalized spacial score (nSPS) is 12.7. The Morgan fingerprint density at radius 2 is 2.06 bits per heavy atom. The van der Waals surface area contributed by atoms with Gasteiger partial charge in [-0.1, -0.05) is 19.1 Å². The molecular weight excluding hydrogens is 245 g/mol. The van der Waals surface area contributed by atoms with Gasteiger partial charge in [0.05, 0.1) is 6.04 Å². The predicted octanol–water partition coefficient (Wildman–Crippen LogP) is 4.20. The summed E-state index contributed by atoms with van der Waals surface area (Å²) >= 11 is 1.75. The molecule has 1 atom stereocenters. The molecule has 2 rings (SSSR count). The fraction of sp³-hybridized carbons (Fsp3) is 0.333. The molecule has 2 aromatic rings. The summed E-state index contributed by atoms with van der Waals surface area (Å²) in [5, 5.41) is 5.58. The Morgan fingerprint density at radius 3 is 2.61 bits per heavy atom. The lowest BCUT2D eigenvalue weighted by Crippen LogP contribution is -2.22. The fourth-order valence-corrected chi connectivity index (χ4v) is 2.89. The van der Waals surface area contributed by atoms with Crippen molar-refractivity contribution >= 4 is 11.3 Å². The molecule has 0 spiro atoms. The van der Waals surface area contributed by atoms with E-state index in [9.17, 15) is 4.39 Å². The molecule has 0 fully saturated rings. The van der Waals surface area contributed by atoms with Gasteiger partial charge in [-0.05, 0) is 54.6 Å². The van der Waals surface area contributed by atoms with Crippen LogP contribution in [0.15, 0.2) is 29.6 Å². The van der Waals surface area contributed by atoms with E-state index in [-0.39, 0.29) is 11.9 Å². The number of benzene rings is 1. The van der Waals surface area contributed by atoms with Gasteiger partial charge in [-0.2, -0.15) is 0 Å². The first-order valence-corrected chi connectivity index (χ1v) is 7.05. The van der Waals surface area contributed by atoms with Crippen molar-refractivity contribution in [3.05, 3.63) is 57.0 Å². The summed E-state index contributed by atoms with van der Waals surface area (Å²) in [6, 6.07) is 7.65. The molecular formula is C15H18FNS. The van der Waals surface area contributed by atoms with Crippen LogP contribution in [0.2, 0.25) is 0 Å². The second-order valence-electron chi connectivity index (χ2n) is 4.43. The zero-order valence-corrected chi connectivity index (χ0v) is 11.8. The number of halogens is 1. The summed E-state index contributed by atoms with van der Waals surface area (Å²) in [4.78, 5) is 1.31. The second-order valence-corrected chi connectivity index (χ2v) is 5.55. The predicted molar refractivity (Wildman–Crippen MR) is 75.7 cm³/mol. The third-order valence-corrected chi connectivity index (χ3v) is 3.99. The number of aryl methyl sites for hydroxylation is 2. The van der Waals surface area contributed by atoms with Crippen LogP contribution < -0.4 is 5.32 Å². The minimum Gasteiger partial charge on any atom is -0.306 e. The molecule has 1 aromatic carbocycles. The summed E-state index contributed by atoms with van der Waals surface area (Å²) in [5.74, 6) is -0.143. The van der Waals surface area contributed by atoms with Gasteiger partial charge in [0, 0.05) is 4.88 Å². The third kappa shape index (κ3) is 2.62. The minimum atomic E-state index is -0.143. The van der Waals surface area contributed by atoms with Crippen LogP contribution in [-0.4, -0.2) is 6.54 Å². The summed E-state index contributed by atoms with van der Waals surface area (Å²) in [6.07, 6.45) is 0. The SMILES string of the molecule is CCNC(c1ccc(F)c(C)c1)c1ccsc1C. The van der Waals surface area contributed by atoms with Crippen molar-refractivity contribution in [2.45, 2.75) is 26.8 Å². The van der Waals surface area contributed by atoms with Gasteiger partial charge < -0.3 is 5.32 Å². The average Bonchev–Trinajstić information content (AvgIpc) is 2.76. The van der Waals surface area contributed by atoms with Crippen LogP contribution in [0.1, 0.15) is 34.5 Å². The Bertz CT molecular complexity index is 533. The molecule has 0 aliphatic carbocycles. The lowest BCUT2D eigenvalue weighted by Gasteiger charge is -2.19. The molecule has 0 amide bonds. The lowest BCUT2D eigenvalue weighted by atomic mass is 9.98. The summed E-state index contributed by atoms with van der Waals surface area (Å²) in [5.41, 5.74) is 3.10. The van der Waals surface area contributed by atoms with Gasteiger partial charge in [0.15, 0.2) is 0 Å². The zero-order chi connectivity index (χ0) is 13.1. The van der Waals surface area contributed by atoms with E-state index in [0.717, 1.165) is 12.1 Å². The molecule has 1 heterocycles. The molecule has 1 nitrogen and oxygen atoms in total. The maximum Gasteiger partial charge on any atom is 0.126 e. The van der Waals surface area contributed by atoms with E-state index in [4.69, 9.17) is 0 Å². The summed E-state index contributed by atoms with van der Waals surface area (Å²) in [6.45, 7) is 6.91.